The molecule has 0 aromatic heterocycles. The zero-order chi connectivity index (χ0) is 22.1. The zero-order valence-electron chi connectivity index (χ0n) is 17.9. The smallest absolute Gasteiger partial charge is 0.422 e. The second-order valence-electron chi connectivity index (χ2n) is 10.4. The van der Waals surface area contributed by atoms with Crippen LogP contribution in [0.2, 0.25) is 19.6 Å². The average Bonchev–Trinajstić information content (AvgIpc) is 2.61. The molecule has 166 valence electrons. The van der Waals surface area contributed by atoms with Gasteiger partial charge in [0.2, 0.25) is 0 Å². The average molecular weight is 459 g/mol. The molecular weight excluding hydrogens is 429 g/mol. The van der Waals surface area contributed by atoms with Gasteiger partial charge in [-0.1, -0.05) is 30.7 Å². The Kier molecular flexibility index (Phi) is 5.19. The Bertz CT molecular complexity index is 878. The van der Waals surface area contributed by atoms with Gasteiger partial charge in [0.15, 0.2) is 13.9 Å². The van der Waals surface area contributed by atoms with E-state index < -0.39 is 25.5 Å². The van der Waals surface area contributed by atoms with Gasteiger partial charge in [-0.15, -0.1) is 0 Å². The number of halogens is 4. The Morgan fingerprint density at radius 3 is 2.53 bits per heavy atom. The predicted octanol–water partition coefficient (Wildman–Crippen LogP) is 7.13. The van der Waals surface area contributed by atoms with Gasteiger partial charge >= 0.3 is 6.18 Å². The molecule has 1 saturated carbocycles. The fourth-order valence-corrected chi connectivity index (χ4v) is 8.44. The molecule has 0 aliphatic heterocycles. The van der Waals surface area contributed by atoms with Gasteiger partial charge in [0.05, 0.1) is 5.03 Å². The van der Waals surface area contributed by atoms with Crippen LogP contribution in [0.3, 0.4) is 0 Å². The maximum atomic E-state index is 14.8. The molecular formula is C23H30ClF3O2Si. The molecule has 30 heavy (non-hydrogen) atoms. The standard InChI is InChI=1S/C23H30ClF3O2Si/c1-21-12-11-17-16-8-6-15(28)13-14(16)5-7-18(17)19(21)9-10-20(24)22(21,23(25,26)27)29-30(2,3)4/h6,8,10,13,17-19,28H,5,7,9,11-12H2,1-4H3/t17-,18-,19+,21+,22+/m1/s1. The Hall–Kier alpha value is -0.983. The lowest BCUT2D eigenvalue weighted by Gasteiger charge is -2.62. The van der Waals surface area contributed by atoms with Gasteiger partial charge in [0.1, 0.15) is 5.75 Å². The number of hydrogen-bond acceptors (Lipinski definition) is 2. The van der Waals surface area contributed by atoms with Crippen LogP contribution in [0.15, 0.2) is 29.3 Å². The molecule has 0 radical (unpaired) electrons. The van der Waals surface area contributed by atoms with Crippen molar-refractivity contribution in [3.63, 3.8) is 0 Å². The second-order valence-corrected chi connectivity index (χ2v) is 15.3. The van der Waals surface area contributed by atoms with E-state index in [1.807, 2.05) is 12.1 Å². The van der Waals surface area contributed by atoms with Gasteiger partial charge in [0.25, 0.3) is 0 Å². The number of phenols is 1. The molecule has 0 heterocycles. The number of rotatable bonds is 2. The van der Waals surface area contributed by atoms with Crippen LogP contribution in [0.25, 0.3) is 0 Å². The lowest BCUT2D eigenvalue weighted by molar-refractivity contribution is -0.292. The lowest BCUT2D eigenvalue weighted by Crippen LogP contribution is -2.68. The third-order valence-electron chi connectivity index (χ3n) is 7.65. The van der Waals surface area contributed by atoms with Crippen molar-refractivity contribution in [3.05, 3.63) is 40.4 Å². The van der Waals surface area contributed by atoms with Gasteiger partial charge in [-0.05, 0) is 92.8 Å². The number of phenolic OH excluding ortho intramolecular Hbond substituents is 1. The van der Waals surface area contributed by atoms with Crippen molar-refractivity contribution < 1.29 is 22.7 Å². The summed E-state index contributed by atoms with van der Waals surface area (Å²) in [5, 5.41) is 9.66. The monoisotopic (exact) mass is 458 g/mol. The highest BCUT2D eigenvalue weighted by molar-refractivity contribution is 6.70. The quantitative estimate of drug-likeness (QED) is 0.477. The summed E-state index contributed by atoms with van der Waals surface area (Å²) in [5.41, 5.74) is -1.22. The Balaban J connectivity index is 1.82. The maximum absolute atomic E-state index is 14.8. The zero-order valence-corrected chi connectivity index (χ0v) is 19.7. The molecule has 7 heteroatoms. The van der Waals surface area contributed by atoms with Crippen molar-refractivity contribution in [3.8, 4) is 5.75 Å². The van der Waals surface area contributed by atoms with E-state index >= 15 is 0 Å². The van der Waals surface area contributed by atoms with Crippen molar-refractivity contribution in [1.29, 1.82) is 0 Å². The second kappa shape index (κ2) is 7.01. The Morgan fingerprint density at radius 2 is 1.90 bits per heavy atom. The fraction of sp³-hybridized carbons (Fsp3) is 0.652. The summed E-state index contributed by atoms with van der Waals surface area (Å²) in [6.45, 7) is 7.16. The van der Waals surface area contributed by atoms with Gasteiger partial charge in [-0.3, -0.25) is 0 Å². The summed E-state index contributed by atoms with van der Waals surface area (Å²) in [5.74, 6) is 0.461. The summed E-state index contributed by atoms with van der Waals surface area (Å²) in [4.78, 5) is 0. The van der Waals surface area contributed by atoms with Crippen molar-refractivity contribution in [2.24, 2.45) is 17.3 Å². The molecule has 5 atom stereocenters. The molecule has 0 saturated heterocycles. The molecule has 1 N–H and O–H groups in total. The first-order valence-corrected chi connectivity index (χ1v) is 14.5. The lowest BCUT2D eigenvalue weighted by atomic mass is 9.47. The van der Waals surface area contributed by atoms with E-state index in [1.54, 1.807) is 38.7 Å². The third kappa shape index (κ3) is 3.16. The third-order valence-corrected chi connectivity index (χ3v) is 8.99. The van der Waals surface area contributed by atoms with Crippen molar-refractivity contribution in [2.75, 3.05) is 0 Å². The van der Waals surface area contributed by atoms with Crippen LogP contribution in [0.5, 0.6) is 5.75 Å². The number of fused-ring (bicyclic) bond motifs is 5. The minimum absolute atomic E-state index is 0.147. The highest BCUT2D eigenvalue weighted by Crippen LogP contribution is 2.67. The first-order chi connectivity index (χ1) is 13.8. The van der Waals surface area contributed by atoms with E-state index in [4.69, 9.17) is 16.0 Å². The predicted molar refractivity (Wildman–Crippen MR) is 115 cm³/mol. The Labute approximate surface area is 182 Å². The van der Waals surface area contributed by atoms with Gasteiger partial charge in [-0.2, -0.15) is 13.2 Å². The summed E-state index contributed by atoms with van der Waals surface area (Å²) >= 11 is 6.42. The van der Waals surface area contributed by atoms with Gasteiger partial charge < -0.3 is 9.53 Å². The number of aromatic hydroxyl groups is 1. The molecule has 3 aliphatic rings. The van der Waals surface area contributed by atoms with Crippen LogP contribution in [0.1, 0.15) is 49.7 Å². The van der Waals surface area contributed by atoms with E-state index in [2.05, 4.69) is 0 Å². The van der Waals surface area contributed by atoms with E-state index in [0.717, 1.165) is 18.4 Å². The van der Waals surface area contributed by atoms with Gasteiger partial charge in [0, 0.05) is 5.41 Å². The first kappa shape index (κ1) is 22.2. The number of hydrogen-bond donors (Lipinski definition) is 1. The number of allylic oxidation sites excluding steroid dienone is 1. The highest BCUT2D eigenvalue weighted by atomic mass is 35.5. The number of alkyl halides is 3. The molecule has 2 nitrogen and oxygen atoms in total. The Morgan fingerprint density at radius 1 is 1.20 bits per heavy atom. The largest absolute Gasteiger partial charge is 0.508 e. The van der Waals surface area contributed by atoms with Gasteiger partial charge in [-0.25, -0.2) is 0 Å². The fourth-order valence-electron chi connectivity index (χ4n) is 6.55. The highest BCUT2D eigenvalue weighted by Gasteiger charge is 2.73. The molecule has 0 unspecified atom stereocenters. The van der Waals surface area contributed by atoms with Crippen LogP contribution < -0.4 is 0 Å². The SMILES string of the molecule is C[C@]12CC[C@@H]3c4ccc(O)cc4CC[C@H]3[C@@H]1CC=C(Cl)[C@@]2(O[Si](C)(C)C)C(F)(F)F. The molecule has 3 aliphatic carbocycles. The summed E-state index contributed by atoms with van der Waals surface area (Å²) in [6, 6.07) is 5.47. The van der Waals surface area contributed by atoms with Crippen LogP contribution in [-0.4, -0.2) is 25.2 Å². The minimum Gasteiger partial charge on any atom is -0.508 e. The summed E-state index contributed by atoms with van der Waals surface area (Å²) in [7, 11) is -2.57. The van der Waals surface area contributed by atoms with E-state index in [1.165, 1.54) is 5.56 Å². The maximum Gasteiger partial charge on any atom is 0.422 e. The summed E-state index contributed by atoms with van der Waals surface area (Å²) < 4.78 is 50.6. The molecule has 0 bridgehead atoms. The van der Waals surface area contributed by atoms with Crippen LogP contribution in [0, 0.1) is 17.3 Å². The summed E-state index contributed by atoms with van der Waals surface area (Å²) in [6.07, 6.45) is 0.239. The van der Waals surface area contributed by atoms with E-state index in [0.29, 0.717) is 19.3 Å². The van der Waals surface area contributed by atoms with Crippen LogP contribution >= 0.6 is 11.6 Å². The topological polar surface area (TPSA) is 29.5 Å². The molecule has 1 aromatic carbocycles. The van der Waals surface area contributed by atoms with E-state index in [9.17, 15) is 18.3 Å². The van der Waals surface area contributed by atoms with Crippen molar-refractivity contribution in [2.45, 2.75) is 76.4 Å². The minimum atomic E-state index is -4.58. The molecule has 0 amide bonds. The molecule has 4 rings (SSSR count). The van der Waals surface area contributed by atoms with E-state index in [-0.39, 0.29) is 28.5 Å². The molecule has 1 fully saturated rings. The van der Waals surface area contributed by atoms with Crippen molar-refractivity contribution in [1.82, 2.24) is 0 Å². The molecule has 0 spiro atoms. The normalized spacial score (nSPS) is 36.4. The van der Waals surface area contributed by atoms with Crippen molar-refractivity contribution >= 4 is 19.9 Å². The molecule has 1 aromatic rings. The number of benzene rings is 1. The van der Waals surface area contributed by atoms with Crippen LogP contribution in [0.4, 0.5) is 13.2 Å². The van der Waals surface area contributed by atoms with Crippen LogP contribution in [-0.2, 0) is 10.8 Å². The first-order valence-electron chi connectivity index (χ1n) is 10.7. The number of aryl methyl sites for hydroxylation is 1.